The van der Waals surface area contributed by atoms with Gasteiger partial charge in [0.25, 0.3) is 5.91 Å². The van der Waals surface area contributed by atoms with Gasteiger partial charge in [-0.3, -0.25) is 14.6 Å². The van der Waals surface area contributed by atoms with Crippen LogP contribution in [0.2, 0.25) is 0 Å². The fourth-order valence-electron chi connectivity index (χ4n) is 2.73. The number of carboxylic acid groups (broad SMARTS) is 1. The molecule has 1 aromatic rings. The maximum atomic E-state index is 11.7. The highest BCUT2D eigenvalue weighted by molar-refractivity contribution is 5.91. The fraction of sp³-hybridized carbons (Fsp3) is 0.533. The van der Waals surface area contributed by atoms with Gasteiger partial charge < -0.3 is 16.2 Å². The summed E-state index contributed by atoms with van der Waals surface area (Å²) in [6.07, 6.45) is 4.68. The van der Waals surface area contributed by atoms with Crippen LogP contribution in [0.3, 0.4) is 0 Å². The number of pyridine rings is 1. The van der Waals surface area contributed by atoms with Crippen LogP contribution in [0.1, 0.15) is 43.1 Å². The molecule has 114 valence electrons. The van der Waals surface area contributed by atoms with E-state index in [4.69, 9.17) is 5.73 Å². The summed E-state index contributed by atoms with van der Waals surface area (Å²) in [4.78, 5) is 26.6. The molecule has 1 aliphatic rings. The minimum absolute atomic E-state index is 0.168. The molecule has 1 saturated carbocycles. The zero-order chi connectivity index (χ0) is 15.5. The molecule has 0 aliphatic heterocycles. The summed E-state index contributed by atoms with van der Waals surface area (Å²) in [5, 5.41) is 12.7. The van der Waals surface area contributed by atoms with E-state index in [1.54, 1.807) is 12.1 Å². The lowest BCUT2D eigenvalue weighted by Gasteiger charge is -2.36. The summed E-state index contributed by atoms with van der Waals surface area (Å²) in [5.74, 6) is -0.774. The average molecular weight is 291 g/mol. The molecule has 1 aliphatic carbocycles. The summed E-state index contributed by atoms with van der Waals surface area (Å²) >= 11 is 0. The maximum absolute atomic E-state index is 11.7. The predicted octanol–water partition coefficient (Wildman–Crippen LogP) is 1.87. The van der Waals surface area contributed by atoms with Crippen molar-refractivity contribution in [2.45, 2.75) is 32.6 Å². The predicted molar refractivity (Wildman–Crippen MR) is 78.9 cm³/mol. The standard InChI is InChI=1S/C15H21N3O3/c1-10-2-5-15(6-3-10,14(20)21)9-18-11-4-7-17-12(8-11)13(16)19/h4,7-8,10H,2-3,5-6,9H2,1H3,(H2,16,19)(H,17,18)(H,20,21). The van der Waals surface area contributed by atoms with Gasteiger partial charge in [0.2, 0.25) is 0 Å². The van der Waals surface area contributed by atoms with Crippen molar-refractivity contribution in [3.05, 3.63) is 24.0 Å². The molecule has 0 radical (unpaired) electrons. The number of amides is 1. The lowest BCUT2D eigenvalue weighted by atomic mass is 9.71. The Bertz CT molecular complexity index is 537. The first-order valence-electron chi connectivity index (χ1n) is 7.16. The molecular formula is C15H21N3O3. The molecule has 0 spiro atoms. The third-order valence-corrected chi connectivity index (χ3v) is 4.33. The molecule has 1 amide bonds. The minimum atomic E-state index is -0.758. The van der Waals surface area contributed by atoms with Gasteiger partial charge in [-0.25, -0.2) is 0 Å². The molecule has 21 heavy (non-hydrogen) atoms. The van der Waals surface area contributed by atoms with E-state index in [9.17, 15) is 14.7 Å². The van der Waals surface area contributed by atoms with Crippen LogP contribution < -0.4 is 11.1 Å². The second-order valence-electron chi connectivity index (χ2n) is 5.92. The van der Waals surface area contributed by atoms with Crippen molar-refractivity contribution in [1.82, 2.24) is 4.98 Å². The zero-order valence-electron chi connectivity index (χ0n) is 12.1. The Kier molecular flexibility index (Phi) is 4.45. The van der Waals surface area contributed by atoms with E-state index in [0.29, 0.717) is 31.0 Å². The van der Waals surface area contributed by atoms with Crippen molar-refractivity contribution in [3.8, 4) is 0 Å². The van der Waals surface area contributed by atoms with Gasteiger partial charge in [-0.15, -0.1) is 0 Å². The van der Waals surface area contributed by atoms with E-state index in [1.807, 2.05) is 0 Å². The van der Waals surface area contributed by atoms with Crippen LogP contribution >= 0.6 is 0 Å². The van der Waals surface area contributed by atoms with Gasteiger partial charge in [-0.2, -0.15) is 0 Å². The van der Waals surface area contributed by atoms with E-state index < -0.39 is 17.3 Å². The number of carboxylic acids is 1. The zero-order valence-corrected chi connectivity index (χ0v) is 12.1. The third kappa shape index (κ3) is 3.51. The number of hydrogen-bond donors (Lipinski definition) is 3. The molecule has 0 aromatic carbocycles. The molecule has 1 aromatic heterocycles. The maximum Gasteiger partial charge on any atom is 0.311 e. The Morgan fingerprint density at radius 2 is 2.14 bits per heavy atom. The van der Waals surface area contributed by atoms with Crippen LogP contribution in [0.5, 0.6) is 0 Å². The summed E-state index contributed by atoms with van der Waals surface area (Å²) in [5.41, 5.74) is 5.29. The highest BCUT2D eigenvalue weighted by Crippen LogP contribution is 2.39. The SMILES string of the molecule is CC1CCC(CNc2ccnc(C(N)=O)c2)(C(=O)O)CC1. The van der Waals surface area contributed by atoms with Gasteiger partial charge in [-0.05, 0) is 43.7 Å². The highest BCUT2D eigenvalue weighted by atomic mass is 16.4. The topological polar surface area (TPSA) is 105 Å². The van der Waals surface area contributed by atoms with Crippen LogP contribution in [0.25, 0.3) is 0 Å². The molecule has 0 atom stereocenters. The Morgan fingerprint density at radius 1 is 1.48 bits per heavy atom. The Morgan fingerprint density at radius 3 is 2.71 bits per heavy atom. The van der Waals surface area contributed by atoms with E-state index in [-0.39, 0.29) is 5.69 Å². The number of aromatic nitrogens is 1. The van der Waals surface area contributed by atoms with Crippen molar-refractivity contribution in [1.29, 1.82) is 0 Å². The number of primary amides is 1. The molecule has 0 unspecified atom stereocenters. The highest BCUT2D eigenvalue weighted by Gasteiger charge is 2.40. The van der Waals surface area contributed by atoms with Crippen molar-refractivity contribution >= 4 is 17.6 Å². The first-order valence-corrected chi connectivity index (χ1v) is 7.16. The molecule has 0 bridgehead atoms. The number of nitrogens with zero attached hydrogens (tertiary/aromatic N) is 1. The van der Waals surface area contributed by atoms with E-state index in [0.717, 1.165) is 12.8 Å². The van der Waals surface area contributed by atoms with Gasteiger partial charge >= 0.3 is 5.97 Å². The van der Waals surface area contributed by atoms with Gasteiger partial charge in [0.15, 0.2) is 0 Å². The minimum Gasteiger partial charge on any atom is -0.481 e. The van der Waals surface area contributed by atoms with Gasteiger partial charge in [0, 0.05) is 18.4 Å². The summed E-state index contributed by atoms with van der Waals surface area (Å²) < 4.78 is 0. The quantitative estimate of drug-likeness (QED) is 0.768. The number of anilines is 1. The molecular weight excluding hydrogens is 270 g/mol. The fourth-order valence-corrected chi connectivity index (χ4v) is 2.73. The van der Waals surface area contributed by atoms with Crippen LogP contribution in [-0.2, 0) is 4.79 Å². The van der Waals surface area contributed by atoms with Crippen LogP contribution in [0, 0.1) is 11.3 Å². The molecule has 6 nitrogen and oxygen atoms in total. The second-order valence-corrected chi connectivity index (χ2v) is 5.92. The normalized spacial score (nSPS) is 25.3. The van der Waals surface area contributed by atoms with E-state index in [1.165, 1.54) is 6.20 Å². The second kappa shape index (κ2) is 6.11. The number of aliphatic carboxylic acids is 1. The largest absolute Gasteiger partial charge is 0.481 e. The van der Waals surface area contributed by atoms with Crippen molar-refractivity contribution in [2.24, 2.45) is 17.1 Å². The molecule has 1 heterocycles. The Labute approximate surface area is 123 Å². The van der Waals surface area contributed by atoms with Crippen molar-refractivity contribution in [2.75, 3.05) is 11.9 Å². The average Bonchev–Trinajstić information content (AvgIpc) is 2.47. The summed E-state index contributed by atoms with van der Waals surface area (Å²) in [6, 6.07) is 3.25. The number of carbonyl (C=O) groups excluding carboxylic acids is 1. The van der Waals surface area contributed by atoms with E-state index >= 15 is 0 Å². The molecule has 2 rings (SSSR count). The Hall–Kier alpha value is -2.11. The van der Waals surface area contributed by atoms with Crippen LogP contribution in [-0.4, -0.2) is 28.5 Å². The van der Waals surface area contributed by atoms with Gasteiger partial charge in [0.1, 0.15) is 5.69 Å². The number of carbonyl (C=O) groups is 2. The lowest BCUT2D eigenvalue weighted by molar-refractivity contribution is -0.150. The Balaban J connectivity index is 2.07. The van der Waals surface area contributed by atoms with Crippen molar-refractivity contribution < 1.29 is 14.7 Å². The van der Waals surface area contributed by atoms with Crippen LogP contribution in [0.4, 0.5) is 5.69 Å². The smallest absolute Gasteiger partial charge is 0.311 e. The van der Waals surface area contributed by atoms with Gasteiger partial charge in [-0.1, -0.05) is 6.92 Å². The molecule has 4 N–H and O–H groups in total. The number of rotatable bonds is 5. The third-order valence-electron chi connectivity index (χ3n) is 4.33. The lowest BCUT2D eigenvalue weighted by Crippen LogP contribution is -2.41. The number of hydrogen-bond acceptors (Lipinski definition) is 4. The summed E-state index contributed by atoms with van der Waals surface area (Å²) in [6.45, 7) is 2.50. The molecule has 0 saturated heterocycles. The van der Waals surface area contributed by atoms with E-state index in [2.05, 4.69) is 17.2 Å². The molecule has 1 fully saturated rings. The molecule has 6 heteroatoms. The first-order chi connectivity index (χ1) is 9.93. The van der Waals surface area contributed by atoms with Gasteiger partial charge in [0.05, 0.1) is 5.41 Å². The van der Waals surface area contributed by atoms with Crippen LogP contribution in [0.15, 0.2) is 18.3 Å². The number of nitrogens with one attached hydrogen (secondary N) is 1. The summed E-state index contributed by atoms with van der Waals surface area (Å²) in [7, 11) is 0. The first kappa shape index (κ1) is 15.3. The monoisotopic (exact) mass is 291 g/mol. The number of nitrogens with two attached hydrogens (primary N) is 1. The van der Waals surface area contributed by atoms with Crippen molar-refractivity contribution in [3.63, 3.8) is 0 Å².